The fourth-order valence-electron chi connectivity index (χ4n) is 1.77. The van der Waals surface area contributed by atoms with Gasteiger partial charge in [-0.2, -0.15) is 0 Å². The first-order chi connectivity index (χ1) is 8.40. The summed E-state index contributed by atoms with van der Waals surface area (Å²) in [7, 11) is 0. The minimum absolute atomic E-state index is 0.689. The zero-order valence-electron chi connectivity index (χ0n) is 9.60. The second-order valence-corrected chi connectivity index (χ2v) is 3.88. The van der Waals surface area contributed by atoms with Gasteiger partial charge in [-0.1, -0.05) is 54.6 Å². The lowest BCUT2D eigenvalue weighted by atomic mass is 10.0. The molecule has 0 fully saturated rings. The fraction of sp³-hybridized carbons (Fsp3) is 0.133. The van der Waals surface area contributed by atoms with E-state index >= 15 is 0 Å². The summed E-state index contributed by atoms with van der Waals surface area (Å²) in [5, 5.41) is 2.66. The summed E-state index contributed by atoms with van der Waals surface area (Å²) in [5.41, 5.74) is 3.68. The number of nitrogens with one attached hydrogen (secondary N) is 1. The van der Waals surface area contributed by atoms with Gasteiger partial charge in [0, 0.05) is 6.54 Å². The summed E-state index contributed by atoms with van der Waals surface area (Å²) >= 11 is 0. The number of benzene rings is 2. The summed E-state index contributed by atoms with van der Waals surface area (Å²) in [4.78, 5) is 10.1. The van der Waals surface area contributed by atoms with E-state index in [1.54, 1.807) is 0 Å². The second kappa shape index (κ2) is 5.85. The highest BCUT2D eigenvalue weighted by molar-refractivity contribution is 5.63. The molecule has 86 valence electrons. The molecule has 0 aliphatic heterocycles. The van der Waals surface area contributed by atoms with Crippen molar-refractivity contribution < 1.29 is 4.79 Å². The fourth-order valence-corrected chi connectivity index (χ4v) is 1.77. The van der Waals surface area contributed by atoms with Crippen LogP contribution in [0.2, 0.25) is 0 Å². The first-order valence-electron chi connectivity index (χ1n) is 5.71. The lowest BCUT2D eigenvalue weighted by Crippen LogP contribution is -2.14. The van der Waals surface area contributed by atoms with E-state index in [-0.39, 0.29) is 0 Å². The van der Waals surface area contributed by atoms with E-state index < -0.39 is 0 Å². The maximum Gasteiger partial charge on any atom is 0.207 e. The van der Waals surface area contributed by atoms with Crippen LogP contribution in [0.3, 0.4) is 0 Å². The highest BCUT2D eigenvalue weighted by Crippen LogP contribution is 2.19. The Balaban J connectivity index is 2.05. The minimum atomic E-state index is 0.689. The van der Waals surface area contributed by atoms with Crippen LogP contribution in [0, 0.1) is 0 Å². The van der Waals surface area contributed by atoms with Gasteiger partial charge in [-0.3, -0.25) is 4.79 Å². The van der Waals surface area contributed by atoms with E-state index in [4.69, 9.17) is 0 Å². The molecular formula is C15H15NO. The molecule has 17 heavy (non-hydrogen) atoms. The van der Waals surface area contributed by atoms with E-state index in [2.05, 4.69) is 41.7 Å². The molecule has 1 N–H and O–H groups in total. The van der Waals surface area contributed by atoms with Crippen molar-refractivity contribution in [1.82, 2.24) is 5.32 Å². The normalized spacial score (nSPS) is 9.88. The van der Waals surface area contributed by atoms with Gasteiger partial charge >= 0.3 is 0 Å². The van der Waals surface area contributed by atoms with Gasteiger partial charge in [0.15, 0.2) is 0 Å². The van der Waals surface area contributed by atoms with Crippen LogP contribution in [-0.2, 0) is 11.2 Å². The molecule has 2 rings (SSSR count). The predicted molar refractivity (Wildman–Crippen MR) is 69.6 cm³/mol. The number of hydrogen-bond acceptors (Lipinski definition) is 1. The molecule has 0 aliphatic rings. The van der Waals surface area contributed by atoms with Gasteiger partial charge in [0.25, 0.3) is 0 Å². The first kappa shape index (κ1) is 11.4. The third-order valence-electron chi connectivity index (χ3n) is 2.70. The Morgan fingerprint density at radius 2 is 1.53 bits per heavy atom. The Morgan fingerprint density at radius 3 is 2.18 bits per heavy atom. The van der Waals surface area contributed by atoms with Crippen LogP contribution < -0.4 is 5.32 Å². The summed E-state index contributed by atoms with van der Waals surface area (Å²) in [6.07, 6.45) is 1.60. The van der Waals surface area contributed by atoms with Crippen molar-refractivity contribution in [3.8, 4) is 11.1 Å². The Labute approximate surface area is 101 Å². The van der Waals surface area contributed by atoms with Crippen molar-refractivity contribution >= 4 is 6.41 Å². The highest BCUT2D eigenvalue weighted by Gasteiger charge is 1.97. The molecule has 0 aromatic heterocycles. The van der Waals surface area contributed by atoms with Gasteiger partial charge in [0.2, 0.25) is 6.41 Å². The Kier molecular flexibility index (Phi) is 3.92. The van der Waals surface area contributed by atoms with Crippen molar-refractivity contribution in [2.75, 3.05) is 6.54 Å². The Bertz CT molecular complexity index is 462. The first-order valence-corrected chi connectivity index (χ1v) is 5.71. The zero-order chi connectivity index (χ0) is 11.9. The van der Waals surface area contributed by atoms with Gasteiger partial charge in [0.05, 0.1) is 0 Å². The SMILES string of the molecule is O=CNCCc1ccc(-c2ccccc2)cc1. The molecule has 2 aromatic rings. The molecule has 0 spiro atoms. The molecule has 0 radical (unpaired) electrons. The van der Waals surface area contributed by atoms with Crippen LogP contribution in [0.15, 0.2) is 54.6 Å². The van der Waals surface area contributed by atoms with E-state index in [0.29, 0.717) is 6.54 Å². The van der Waals surface area contributed by atoms with Crippen molar-refractivity contribution in [3.05, 3.63) is 60.2 Å². The third-order valence-corrected chi connectivity index (χ3v) is 2.70. The van der Waals surface area contributed by atoms with Gasteiger partial charge in [-0.15, -0.1) is 0 Å². The van der Waals surface area contributed by atoms with Crippen molar-refractivity contribution in [2.24, 2.45) is 0 Å². The zero-order valence-corrected chi connectivity index (χ0v) is 9.60. The molecule has 0 atom stereocenters. The maximum atomic E-state index is 10.1. The van der Waals surface area contributed by atoms with Crippen LogP contribution in [-0.4, -0.2) is 13.0 Å². The van der Waals surface area contributed by atoms with E-state index in [9.17, 15) is 4.79 Å². The number of amides is 1. The molecule has 0 unspecified atom stereocenters. The molecular weight excluding hydrogens is 210 g/mol. The Morgan fingerprint density at radius 1 is 0.882 bits per heavy atom. The second-order valence-electron chi connectivity index (χ2n) is 3.88. The van der Waals surface area contributed by atoms with Gasteiger partial charge in [-0.05, 0) is 23.1 Å². The Hall–Kier alpha value is -2.09. The topological polar surface area (TPSA) is 29.1 Å². The average Bonchev–Trinajstić information content (AvgIpc) is 2.41. The van der Waals surface area contributed by atoms with Crippen LogP contribution in [0.5, 0.6) is 0 Å². The van der Waals surface area contributed by atoms with Crippen LogP contribution in [0.25, 0.3) is 11.1 Å². The smallest absolute Gasteiger partial charge is 0.207 e. The van der Waals surface area contributed by atoms with Crippen LogP contribution in [0.4, 0.5) is 0 Å². The molecule has 0 saturated heterocycles. The third kappa shape index (κ3) is 3.18. The summed E-state index contributed by atoms with van der Waals surface area (Å²) < 4.78 is 0. The quantitative estimate of drug-likeness (QED) is 0.615. The van der Waals surface area contributed by atoms with Gasteiger partial charge < -0.3 is 5.32 Å². The molecule has 2 aromatic carbocycles. The largest absolute Gasteiger partial charge is 0.358 e. The molecule has 0 saturated carbocycles. The predicted octanol–water partition coefficient (Wildman–Crippen LogP) is 2.64. The van der Waals surface area contributed by atoms with Crippen LogP contribution in [0.1, 0.15) is 5.56 Å². The average molecular weight is 225 g/mol. The lowest BCUT2D eigenvalue weighted by molar-refractivity contribution is -0.109. The van der Waals surface area contributed by atoms with Crippen molar-refractivity contribution in [1.29, 1.82) is 0 Å². The van der Waals surface area contributed by atoms with Crippen molar-refractivity contribution in [3.63, 3.8) is 0 Å². The minimum Gasteiger partial charge on any atom is -0.358 e. The van der Waals surface area contributed by atoms with Gasteiger partial charge in [-0.25, -0.2) is 0 Å². The molecule has 0 aliphatic carbocycles. The number of carbonyl (C=O) groups is 1. The molecule has 1 amide bonds. The van der Waals surface area contributed by atoms with E-state index in [1.165, 1.54) is 16.7 Å². The van der Waals surface area contributed by atoms with Gasteiger partial charge in [0.1, 0.15) is 0 Å². The maximum absolute atomic E-state index is 10.1. The van der Waals surface area contributed by atoms with E-state index in [0.717, 1.165) is 12.8 Å². The monoisotopic (exact) mass is 225 g/mol. The summed E-state index contributed by atoms with van der Waals surface area (Å²) in [6.45, 7) is 0.689. The summed E-state index contributed by atoms with van der Waals surface area (Å²) in [5.74, 6) is 0. The van der Waals surface area contributed by atoms with E-state index in [1.807, 2.05) is 18.2 Å². The molecule has 0 heterocycles. The number of hydrogen-bond donors (Lipinski definition) is 1. The van der Waals surface area contributed by atoms with Crippen molar-refractivity contribution in [2.45, 2.75) is 6.42 Å². The number of carbonyl (C=O) groups excluding carboxylic acids is 1. The summed E-state index contributed by atoms with van der Waals surface area (Å²) in [6, 6.07) is 18.7. The number of rotatable bonds is 5. The lowest BCUT2D eigenvalue weighted by Gasteiger charge is -2.04. The molecule has 2 heteroatoms. The highest BCUT2D eigenvalue weighted by atomic mass is 16.1. The molecule has 0 bridgehead atoms. The standard InChI is InChI=1S/C15H15NO/c17-12-16-11-10-13-6-8-15(9-7-13)14-4-2-1-3-5-14/h1-9,12H,10-11H2,(H,16,17). The van der Waals surface area contributed by atoms with Crippen LogP contribution >= 0.6 is 0 Å². The molecule has 2 nitrogen and oxygen atoms in total.